The first-order chi connectivity index (χ1) is 19.0. The van der Waals surface area contributed by atoms with Crippen molar-refractivity contribution in [2.75, 3.05) is 33.8 Å². The maximum atomic E-state index is 13.7. The first-order valence-electron chi connectivity index (χ1n) is 14.4. The van der Waals surface area contributed by atoms with Gasteiger partial charge in [-0.05, 0) is 84.2 Å². The Kier molecular flexibility index (Phi) is 6.49. The summed E-state index contributed by atoms with van der Waals surface area (Å²) in [6, 6.07) is 3.73. The van der Waals surface area contributed by atoms with Crippen LogP contribution in [0.15, 0.2) is 24.0 Å². The number of ether oxygens (including phenoxy) is 4. The van der Waals surface area contributed by atoms with Gasteiger partial charge in [-0.1, -0.05) is 6.07 Å². The van der Waals surface area contributed by atoms with Gasteiger partial charge in [0.2, 0.25) is 0 Å². The SMILES string of the molecule is COc1ccc2c3c1O[C@H]1C(OC(=O)N4CCCCC4CNC(=O)OC(C)(C)C)=CC[C@@]4(O)C(C2)N(C)CC[C@]314. The van der Waals surface area contributed by atoms with E-state index in [4.69, 9.17) is 18.9 Å². The van der Waals surface area contributed by atoms with Gasteiger partial charge in [-0.2, -0.15) is 0 Å². The molecule has 2 aliphatic carbocycles. The number of hydrogen-bond acceptors (Lipinski definition) is 8. The van der Waals surface area contributed by atoms with E-state index in [9.17, 15) is 14.7 Å². The lowest BCUT2D eigenvalue weighted by atomic mass is 9.50. The third kappa shape index (κ3) is 4.05. The number of piperidine rings is 2. The van der Waals surface area contributed by atoms with E-state index in [-0.39, 0.29) is 18.6 Å². The Morgan fingerprint density at radius 2 is 2.02 bits per heavy atom. The minimum Gasteiger partial charge on any atom is -0.493 e. The Hall–Kier alpha value is -2.98. The Balaban J connectivity index is 1.27. The number of likely N-dealkylation sites (N-methyl/N-ethyl adjacent to an activating group) is 1. The fraction of sp³-hybridized carbons (Fsp3) is 0.667. The molecule has 2 amide bonds. The van der Waals surface area contributed by atoms with Crippen molar-refractivity contribution in [3.8, 4) is 11.5 Å². The van der Waals surface area contributed by atoms with Crippen molar-refractivity contribution in [2.45, 2.75) is 94.1 Å². The summed E-state index contributed by atoms with van der Waals surface area (Å²) in [4.78, 5) is 29.9. The number of likely N-dealkylation sites (tertiary alicyclic amines) is 2. The van der Waals surface area contributed by atoms with E-state index in [1.54, 1.807) is 12.0 Å². The van der Waals surface area contributed by atoms with Crippen LogP contribution in [0.3, 0.4) is 0 Å². The number of amides is 2. The monoisotopic (exact) mass is 555 g/mol. The molecule has 2 bridgehead atoms. The van der Waals surface area contributed by atoms with Crippen molar-refractivity contribution in [3.05, 3.63) is 35.1 Å². The Morgan fingerprint density at radius 3 is 2.77 bits per heavy atom. The molecular weight excluding hydrogens is 514 g/mol. The second kappa shape index (κ2) is 9.55. The lowest BCUT2D eigenvalue weighted by Gasteiger charge is -2.61. The standard InChI is InChI=1S/C30H41N3O7/c1-28(2,3)40-26(34)31-17-19-8-6-7-14-33(19)27(35)38-21-11-12-30(36)22-16-18-9-10-20(37-5)24-23(18)29(30,25(21)39-24)13-15-32(22)4/h9-11,19,22,25,36H,6-8,12-17H2,1-5H3,(H,31,34)/t19?,22?,25-,29-,30+/m0/s1. The number of nitrogens with one attached hydrogen (secondary N) is 1. The Bertz CT molecular complexity index is 1240. The van der Waals surface area contributed by atoms with Gasteiger partial charge in [0, 0.05) is 31.1 Å². The van der Waals surface area contributed by atoms with E-state index in [0.717, 1.165) is 43.4 Å². The smallest absolute Gasteiger partial charge is 0.415 e. The van der Waals surface area contributed by atoms with Crippen LogP contribution in [0.5, 0.6) is 11.5 Å². The van der Waals surface area contributed by atoms with Crippen molar-refractivity contribution >= 4 is 12.2 Å². The highest BCUT2D eigenvalue weighted by atomic mass is 16.6. The second-order valence-corrected chi connectivity index (χ2v) is 12.9. The highest BCUT2D eigenvalue weighted by Crippen LogP contribution is 2.65. The third-order valence-corrected chi connectivity index (χ3v) is 9.51. The maximum absolute atomic E-state index is 13.7. The number of hydrogen-bond donors (Lipinski definition) is 2. The van der Waals surface area contributed by atoms with Gasteiger partial charge in [0.25, 0.3) is 0 Å². The second-order valence-electron chi connectivity index (χ2n) is 12.9. The molecule has 40 heavy (non-hydrogen) atoms. The van der Waals surface area contributed by atoms with Crippen molar-refractivity contribution in [3.63, 3.8) is 0 Å². The zero-order valence-electron chi connectivity index (χ0n) is 24.1. The van der Waals surface area contributed by atoms with Crippen LogP contribution < -0.4 is 14.8 Å². The average Bonchev–Trinajstić information content (AvgIpc) is 3.26. The molecular formula is C30H41N3O7. The van der Waals surface area contributed by atoms with Gasteiger partial charge < -0.3 is 39.2 Å². The minimum absolute atomic E-state index is 0.0712. The zero-order valence-corrected chi connectivity index (χ0v) is 24.1. The van der Waals surface area contributed by atoms with Crippen LogP contribution in [0.2, 0.25) is 0 Å². The number of carbonyl (C=O) groups is 2. The molecule has 5 atom stereocenters. The van der Waals surface area contributed by atoms with Crippen LogP contribution in [0.4, 0.5) is 9.59 Å². The molecule has 3 heterocycles. The predicted molar refractivity (Wildman–Crippen MR) is 147 cm³/mol. The molecule has 2 N–H and O–H groups in total. The van der Waals surface area contributed by atoms with E-state index in [1.165, 1.54) is 0 Å². The van der Waals surface area contributed by atoms with Gasteiger partial charge >= 0.3 is 12.2 Å². The number of methoxy groups -OCH3 is 1. The molecule has 10 heteroatoms. The molecule has 1 aromatic carbocycles. The molecule has 3 aliphatic heterocycles. The number of nitrogens with zero attached hydrogens (tertiary/aromatic N) is 2. The molecule has 10 nitrogen and oxygen atoms in total. The van der Waals surface area contributed by atoms with Crippen LogP contribution in [-0.2, 0) is 21.3 Å². The fourth-order valence-electron chi connectivity index (χ4n) is 7.72. The van der Waals surface area contributed by atoms with Gasteiger partial charge in [-0.3, -0.25) is 0 Å². The number of carbonyl (C=O) groups excluding carboxylic acids is 2. The molecule has 0 aromatic heterocycles. The number of rotatable bonds is 4. The molecule has 0 saturated carbocycles. The maximum Gasteiger partial charge on any atom is 0.415 e. The number of alkyl carbamates (subject to hydrolysis) is 1. The van der Waals surface area contributed by atoms with Crippen LogP contribution in [0.25, 0.3) is 0 Å². The minimum atomic E-state index is -1.06. The summed E-state index contributed by atoms with van der Waals surface area (Å²) in [6.07, 6.45) is 4.58. The predicted octanol–water partition coefficient (Wildman–Crippen LogP) is 3.49. The van der Waals surface area contributed by atoms with Gasteiger partial charge in [0.15, 0.2) is 17.6 Å². The topological polar surface area (TPSA) is 110 Å². The molecule has 2 unspecified atom stereocenters. The van der Waals surface area contributed by atoms with Gasteiger partial charge in [0.1, 0.15) is 11.4 Å². The van der Waals surface area contributed by atoms with E-state index in [2.05, 4.69) is 23.3 Å². The van der Waals surface area contributed by atoms with Crippen LogP contribution >= 0.6 is 0 Å². The number of benzene rings is 1. The lowest BCUT2D eigenvalue weighted by Crippen LogP contribution is -2.74. The quantitative estimate of drug-likeness (QED) is 0.581. The fourth-order valence-corrected chi connectivity index (χ4v) is 7.72. The van der Waals surface area contributed by atoms with Gasteiger partial charge in [0.05, 0.1) is 24.2 Å². The summed E-state index contributed by atoms with van der Waals surface area (Å²) in [5.74, 6) is 1.71. The van der Waals surface area contributed by atoms with Crippen molar-refractivity contribution in [1.29, 1.82) is 0 Å². The van der Waals surface area contributed by atoms with E-state index in [1.807, 2.05) is 32.9 Å². The summed E-state index contributed by atoms with van der Waals surface area (Å²) < 4.78 is 23.8. The molecule has 218 valence electrons. The largest absolute Gasteiger partial charge is 0.493 e. The molecule has 1 aromatic rings. The third-order valence-electron chi connectivity index (χ3n) is 9.51. The first kappa shape index (κ1) is 27.2. The van der Waals surface area contributed by atoms with E-state index in [0.29, 0.717) is 36.6 Å². The first-order valence-corrected chi connectivity index (χ1v) is 14.4. The normalized spacial score (nSPS) is 32.4. The van der Waals surface area contributed by atoms with E-state index < -0.39 is 34.9 Å². The average molecular weight is 556 g/mol. The number of aliphatic hydroxyl groups is 1. The Labute approximate surface area is 235 Å². The van der Waals surface area contributed by atoms with Gasteiger partial charge in [-0.25, -0.2) is 9.59 Å². The molecule has 2 fully saturated rings. The van der Waals surface area contributed by atoms with Crippen molar-refractivity contribution in [1.82, 2.24) is 15.1 Å². The molecule has 0 radical (unpaired) electrons. The highest BCUT2D eigenvalue weighted by molar-refractivity contribution is 5.72. The van der Waals surface area contributed by atoms with Gasteiger partial charge in [-0.15, -0.1) is 0 Å². The van der Waals surface area contributed by atoms with E-state index >= 15 is 0 Å². The van der Waals surface area contributed by atoms with Crippen LogP contribution in [0.1, 0.15) is 64.0 Å². The highest BCUT2D eigenvalue weighted by Gasteiger charge is 2.72. The molecule has 2 saturated heterocycles. The molecule has 5 aliphatic rings. The summed E-state index contributed by atoms with van der Waals surface area (Å²) in [7, 11) is 3.68. The summed E-state index contributed by atoms with van der Waals surface area (Å²) >= 11 is 0. The zero-order chi connectivity index (χ0) is 28.4. The summed E-state index contributed by atoms with van der Waals surface area (Å²) in [5, 5.41) is 15.2. The summed E-state index contributed by atoms with van der Waals surface area (Å²) in [5.41, 5.74) is -0.238. The lowest BCUT2D eigenvalue weighted by molar-refractivity contribution is -0.163. The van der Waals surface area contributed by atoms with Crippen molar-refractivity contribution < 1.29 is 33.6 Å². The molecule has 1 spiro atoms. The van der Waals surface area contributed by atoms with Crippen LogP contribution in [-0.4, -0.2) is 90.3 Å². The van der Waals surface area contributed by atoms with Crippen molar-refractivity contribution in [2.24, 2.45) is 0 Å². The summed E-state index contributed by atoms with van der Waals surface area (Å²) in [6.45, 7) is 7.07. The molecule has 6 rings (SSSR count). The Morgan fingerprint density at radius 1 is 1.23 bits per heavy atom. The van der Waals surface area contributed by atoms with Crippen LogP contribution in [0, 0.1) is 0 Å².